The van der Waals surface area contributed by atoms with Crippen LogP contribution in [0.4, 0.5) is 0 Å². The molecule has 0 amide bonds. The van der Waals surface area contributed by atoms with Crippen LogP contribution in [0, 0.1) is 17.4 Å². The Bertz CT molecular complexity index is 269. The van der Waals surface area contributed by atoms with Crippen LogP contribution in [0.15, 0.2) is 24.3 Å². The third-order valence-corrected chi connectivity index (χ3v) is 2.81. The first-order chi connectivity index (χ1) is 6.99. The summed E-state index contributed by atoms with van der Waals surface area (Å²) < 4.78 is 0. The molecule has 0 saturated carbocycles. The third kappa shape index (κ3) is 5.01. The molecule has 1 aromatic carbocycles. The van der Waals surface area contributed by atoms with Crippen molar-refractivity contribution in [2.45, 2.75) is 47.0 Å². The Kier molecular flexibility index (Phi) is 4.38. The summed E-state index contributed by atoms with van der Waals surface area (Å²) in [6.45, 7) is 9.35. The van der Waals surface area contributed by atoms with Crippen LogP contribution in [-0.4, -0.2) is 0 Å². The predicted molar refractivity (Wildman–Crippen MR) is 66.8 cm³/mol. The molecule has 0 heterocycles. The van der Waals surface area contributed by atoms with Gasteiger partial charge in [-0.2, -0.15) is 0 Å². The van der Waals surface area contributed by atoms with Crippen LogP contribution >= 0.6 is 0 Å². The lowest BCUT2D eigenvalue weighted by atomic mass is 9.79. The Hall–Kier alpha value is -0.780. The van der Waals surface area contributed by atoms with E-state index in [1.165, 1.54) is 18.4 Å². The monoisotopic (exact) mass is 203 g/mol. The Balaban J connectivity index is 2.42. The lowest BCUT2D eigenvalue weighted by Crippen LogP contribution is -2.15. The highest BCUT2D eigenvalue weighted by Gasteiger charge is 2.18. The topological polar surface area (TPSA) is 0 Å². The van der Waals surface area contributed by atoms with Crippen molar-refractivity contribution >= 4 is 0 Å². The smallest absolute Gasteiger partial charge is 0.0149 e. The summed E-state index contributed by atoms with van der Waals surface area (Å²) in [5.41, 5.74) is 1.80. The van der Waals surface area contributed by atoms with Crippen LogP contribution in [0.1, 0.15) is 46.1 Å². The van der Waals surface area contributed by atoms with Gasteiger partial charge in [-0.05, 0) is 42.2 Å². The Morgan fingerprint density at radius 2 is 2.00 bits per heavy atom. The highest BCUT2D eigenvalue weighted by atomic mass is 14.2. The van der Waals surface area contributed by atoms with Gasteiger partial charge in [-0.3, -0.25) is 0 Å². The molecule has 0 heteroatoms. The van der Waals surface area contributed by atoms with Crippen LogP contribution in [0.25, 0.3) is 0 Å². The minimum atomic E-state index is 0.456. The van der Waals surface area contributed by atoms with Crippen LogP contribution in [0.2, 0.25) is 0 Å². The van der Waals surface area contributed by atoms with Crippen molar-refractivity contribution < 1.29 is 0 Å². The Morgan fingerprint density at radius 1 is 1.27 bits per heavy atom. The minimum Gasteiger partial charge on any atom is -0.0628 e. The molecule has 0 saturated heterocycles. The van der Waals surface area contributed by atoms with Gasteiger partial charge in [0.25, 0.3) is 0 Å². The number of hydrogen-bond donors (Lipinski definition) is 0. The van der Waals surface area contributed by atoms with Crippen molar-refractivity contribution in [1.29, 1.82) is 0 Å². The molecule has 0 fully saturated rings. The van der Waals surface area contributed by atoms with E-state index in [0.29, 0.717) is 5.41 Å². The SMILES string of the molecule is CC(C)CC(C)(C)CCc1[c]cccc1. The van der Waals surface area contributed by atoms with Crippen LogP contribution < -0.4 is 0 Å². The van der Waals surface area contributed by atoms with Crippen molar-refractivity contribution in [3.8, 4) is 0 Å². The highest BCUT2D eigenvalue weighted by Crippen LogP contribution is 2.30. The van der Waals surface area contributed by atoms with Crippen molar-refractivity contribution in [3.63, 3.8) is 0 Å². The summed E-state index contributed by atoms with van der Waals surface area (Å²) in [4.78, 5) is 0. The molecule has 15 heavy (non-hydrogen) atoms. The zero-order valence-electron chi connectivity index (χ0n) is 10.5. The van der Waals surface area contributed by atoms with E-state index in [9.17, 15) is 0 Å². The molecule has 0 aliphatic rings. The molecule has 0 atom stereocenters. The predicted octanol–water partition coefficient (Wildman–Crippen LogP) is 4.49. The van der Waals surface area contributed by atoms with Crippen molar-refractivity contribution in [1.82, 2.24) is 0 Å². The van der Waals surface area contributed by atoms with Crippen LogP contribution in [-0.2, 0) is 6.42 Å². The molecule has 1 aromatic rings. The van der Waals surface area contributed by atoms with E-state index in [1.54, 1.807) is 0 Å². The molecular formula is C15H23. The lowest BCUT2D eigenvalue weighted by molar-refractivity contribution is 0.266. The first-order valence-corrected chi connectivity index (χ1v) is 5.95. The van der Waals surface area contributed by atoms with Gasteiger partial charge in [0.1, 0.15) is 0 Å². The molecule has 0 unspecified atom stereocenters. The van der Waals surface area contributed by atoms with Gasteiger partial charge in [0.2, 0.25) is 0 Å². The third-order valence-electron chi connectivity index (χ3n) is 2.81. The second-order valence-electron chi connectivity index (χ2n) is 5.65. The van der Waals surface area contributed by atoms with Crippen LogP contribution in [0.3, 0.4) is 0 Å². The van der Waals surface area contributed by atoms with Gasteiger partial charge in [0.05, 0.1) is 0 Å². The maximum absolute atomic E-state index is 3.29. The Labute approximate surface area is 94.7 Å². The maximum Gasteiger partial charge on any atom is -0.0149 e. The van der Waals surface area contributed by atoms with E-state index in [0.717, 1.165) is 12.3 Å². The zero-order valence-corrected chi connectivity index (χ0v) is 10.5. The van der Waals surface area contributed by atoms with Gasteiger partial charge < -0.3 is 0 Å². The average molecular weight is 203 g/mol. The summed E-state index contributed by atoms with van der Waals surface area (Å²) in [6.07, 6.45) is 3.71. The molecule has 0 N–H and O–H groups in total. The first kappa shape index (κ1) is 12.3. The minimum absolute atomic E-state index is 0.456. The van der Waals surface area contributed by atoms with Crippen molar-refractivity contribution in [3.05, 3.63) is 35.9 Å². The molecule has 0 aliphatic heterocycles. The standard InChI is InChI=1S/C15H23/c1-13(2)12-15(3,4)11-10-14-8-6-5-7-9-14/h5-8,13H,10-12H2,1-4H3. The fraction of sp³-hybridized carbons (Fsp3) is 0.600. The van der Waals surface area contributed by atoms with E-state index >= 15 is 0 Å². The summed E-state index contributed by atoms with van der Waals surface area (Å²) in [7, 11) is 0. The molecular weight excluding hydrogens is 180 g/mol. The molecule has 0 bridgehead atoms. The fourth-order valence-electron chi connectivity index (χ4n) is 2.27. The van der Waals surface area contributed by atoms with Gasteiger partial charge in [0.15, 0.2) is 0 Å². The normalized spacial score (nSPS) is 12.1. The van der Waals surface area contributed by atoms with E-state index in [1.807, 2.05) is 12.1 Å². The zero-order chi connectivity index (χ0) is 11.3. The average Bonchev–Trinajstić information content (AvgIpc) is 2.15. The van der Waals surface area contributed by atoms with E-state index in [-0.39, 0.29) is 0 Å². The van der Waals surface area contributed by atoms with Gasteiger partial charge in [0, 0.05) is 0 Å². The molecule has 1 rings (SSSR count). The number of rotatable bonds is 5. The highest BCUT2D eigenvalue weighted by molar-refractivity contribution is 5.13. The second-order valence-corrected chi connectivity index (χ2v) is 5.65. The lowest BCUT2D eigenvalue weighted by Gasteiger charge is -2.26. The summed E-state index contributed by atoms with van der Waals surface area (Å²) in [5.74, 6) is 0.791. The first-order valence-electron chi connectivity index (χ1n) is 5.95. The second kappa shape index (κ2) is 5.34. The van der Waals surface area contributed by atoms with Crippen molar-refractivity contribution in [2.24, 2.45) is 11.3 Å². The van der Waals surface area contributed by atoms with Gasteiger partial charge in [-0.15, -0.1) is 0 Å². The molecule has 0 aliphatic carbocycles. The number of hydrogen-bond acceptors (Lipinski definition) is 0. The largest absolute Gasteiger partial charge is 0.0628 e. The molecule has 0 spiro atoms. The number of benzene rings is 1. The summed E-state index contributed by atoms with van der Waals surface area (Å²) in [5, 5.41) is 0. The van der Waals surface area contributed by atoms with Crippen molar-refractivity contribution in [2.75, 3.05) is 0 Å². The summed E-state index contributed by atoms with van der Waals surface area (Å²) >= 11 is 0. The fourth-order valence-corrected chi connectivity index (χ4v) is 2.27. The van der Waals surface area contributed by atoms with Gasteiger partial charge in [-0.25, -0.2) is 0 Å². The van der Waals surface area contributed by atoms with E-state index in [4.69, 9.17) is 0 Å². The van der Waals surface area contributed by atoms with Gasteiger partial charge >= 0.3 is 0 Å². The maximum atomic E-state index is 3.29. The molecule has 0 aromatic heterocycles. The number of aryl methyl sites for hydroxylation is 1. The molecule has 1 radical (unpaired) electrons. The summed E-state index contributed by atoms with van der Waals surface area (Å²) in [6, 6.07) is 11.6. The van der Waals surface area contributed by atoms with E-state index < -0.39 is 0 Å². The van der Waals surface area contributed by atoms with Gasteiger partial charge in [-0.1, -0.05) is 52.0 Å². The van der Waals surface area contributed by atoms with E-state index in [2.05, 4.69) is 45.9 Å². The van der Waals surface area contributed by atoms with Crippen LogP contribution in [0.5, 0.6) is 0 Å². The molecule has 83 valence electrons. The quantitative estimate of drug-likeness (QED) is 0.661. The molecule has 0 nitrogen and oxygen atoms in total. The Morgan fingerprint density at radius 3 is 2.53 bits per heavy atom.